The zero-order valence-electron chi connectivity index (χ0n) is 12.7. The standard InChI is InChI=1S/C14H16ClN5O3S/c15-9-1-2-11-10(7-9)12(16-17-14(24)18-22)13(21)20(11)8-19-3-5-23-6-4-19/h1-2,7,16,21H,3-6,8H2,(H,17,24). The number of hydrazine groups is 1. The third-order valence-electron chi connectivity index (χ3n) is 3.82. The fourth-order valence-corrected chi connectivity index (χ4v) is 2.88. The van der Waals surface area contributed by atoms with Crippen LogP contribution in [0.5, 0.6) is 5.88 Å². The fourth-order valence-electron chi connectivity index (χ4n) is 2.66. The lowest BCUT2D eigenvalue weighted by molar-refractivity contribution is 0.0231. The number of ether oxygens (including phenoxy) is 1. The highest BCUT2D eigenvalue weighted by molar-refractivity contribution is 7.80. The first-order valence-corrected chi connectivity index (χ1v) is 8.09. The summed E-state index contributed by atoms with van der Waals surface area (Å²) in [7, 11) is 0. The number of fused-ring (bicyclic) bond motifs is 1. The van der Waals surface area contributed by atoms with Crippen molar-refractivity contribution < 1.29 is 9.84 Å². The lowest BCUT2D eigenvalue weighted by Crippen LogP contribution is -2.37. The number of aromatic nitrogens is 1. The molecule has 0 aliphatic carbocycles. The van der Waals surface area contributed by atoms with Gasteiger partial charge in [-0.3, -0.25) is 20.3 Å². The van der Waals surface area contributed by atoms with E-state index < -0.39 is 0 Å². The molecule has 1 saturated heterocycles. The molecule has 8 nitrogen and oxygen atoms in total. The first-order valence-electron chi connectivity index (χ1n) is 7.30. The molecular formula is C14H16ClN5O3S. The summed E-state index contributed by atoms with van der Waals surface area (Å²) in [4.78, 5) is 12.6. The van der Waals surface area contributed by atoms with Gasteiger partial charge in [0, 0.05) is 28.7 Å². The van der Waals surface area contributed by atoms with Gasteiger partial charge in [0.1, 0.15) is 5.69 Å². The van der Waals surface area contributed by atoms with E-state index >= 15 is 0 Å². The molecule has 1 aromatic heterocycles. The van der Waals surface area contributed by atoms with Crippen LogP contribution in [0.2, 0.25) is 5.02 Å². The molecule has 1 fully saturated rings. The van der Waals surface area contributed by atoms with Crippen molar-refractivity contribution >= 4 is 45.5 Å². The number of hydrogen-bond donors (Lipinski definition) is 3. The summed E-state index contributed by atoms with van der Waals surface area (Å²) in [5, 5.41) is 14.2. The Morgan fingerprint density at radius 1 is 1.42 bits per heavy atom. The minimum absolute atomic E-state index is 0.0138. The van der Waals surface area contributed by atoms with Crippen LogP contribution in [0.3, 0.4) is 0 Å². The van der Waals surface area contributed by atoms with Gasteiger partial charge in [0.2, 0.25) is 5.88 Å². The Balaban J connectivity index is 1.96. The quantitative estimate of drug-likeness (QED) is 0.432. The molecule has 3 N–H and O–H groups in total. The normalized spacial score (nSPS) is 15.4. The number of nitrogens with one attached hydrogen (secondary N) is 2. The SMILES string of the molecule is O=NC(=S)NNc1c(O)n(CN2CCOCC2)c2ccc(Cl)cc12. The van der Waals surface area contributed by atoms with Crippen molar-refractivity contribution in [3.63, 3.8) is 0 Å². The summed E-state index contributed by atoms with van der Waals surface area (Å²) in [6, 6.07) is 5.32. The maximum absolute atomic E-state index is 10.6. The van der Waals surface area contributed by atoms with E-state index in [1.54, 1.807) is 16.7 Å². The van der Waals surface area contributed by atoms with Gasteiger partial charge in [-0.2, -0.15) is 0 Å². The number of hydrogen-bond acceptors (Lipinski definition) is 6. The molecule has 10 heteroatoms. The van der Waals surface area contributed by atoms with Crippen LogP contribution in [0, 0.1) is 4.91 Å². The van der Waals surface area contributed by atoms with Crippen molar-refractivity contribution in [2.75, 3.05) is 31.7 Å². The molecule has 0 spiro atoms. The van der Waals surface area contributed by atoms with E-state index in [1.165, 1.54) is 0 Å². The average Bonchev–Trinajstić information content (AvgIpc) is 2.85. The summed E-state index contributed by atoms with van der Waals surface area (Å²) in [6.45, 7) is 3.40. The maximum atomic E-state index is 10.6. The Labute approximate surface area is 148 Å². The average molecular weight is 370 g/mol. The zero-order chi connectivity index (χ0) is 17.1. The van der Waals surface area contributed by atoms with Crippen LogP contribution in [-0.4, -0.2) is 46.0 Å². The molecule has 2 heterocycles. The highest BCUT2D eigenvalue weighted by Gasteiger charge is 2.20. The highest BCUT2D eigenvalue weighted by Crippen LogP contribution is 2.37. The largest absolute Gasteiger partial charge is 0.493 e. The van der Waals surface area contributed by atoms with Gasteiger partial charge in [0.05, 0.1) is 25.4 Å². The third kappa shape index (κ3) is 3.44. The number of halogens is 1. The molecule has 2 aromatic rings. The van der Waals surface area contributed by atoms with E-state index in [-0.39, 0.29) is 11.0 Å². The predicted octanol–water partition coefficient (Wildman–Crippen LogP) is 2.26. The summed E-state index contributed by atoms with van der Waals surface area (Å²) in [5.74, 6) is 0.0138. The zero-order valence-corrected chi connectivity index (χ0v) is 14.2. The van der Waals surface area contributed by atoms with Gasteiger partial charge < -0.3 is 9.84 Å². The van der Waals surface area contributed by atoms with Crippen LogP contribution in [0.1, 0.15) is 0 Å². The Kier molecular flexibility index (Phi) is 5.14. The van der Waals surface area contributed by atoms with E-state index in [2.05, 4.69) is 20.9 Å². The van der Waals surface area contributed by atoms with Crippen molar-refractivity contribution in [2.45, 2.75) is 6.67 Å². The van der Waals surface area contributed by atoms with E-state index in [9.17, 15) is 10.0 Å². The minimum Gasteiger partial charge on any atom is -0.493 e. The number of benzene rings is 1. The van der Waals surface area contributed by atoms with Gasteiger partial charge >= 0.3 is 0 Å². The molecule has 24 heavy (non-hydrogen) atoms. The van der Waals surface area contributed by atoms with Crippen molar-refractivity contribution in [1.82, 2.24) is 14.9 Å². The lowest BCUT2D eigenvalue weighted by atomic mass is 10.2. The summed E-state index contributed by atoms with van der Waals surface area (Å²) < 4.78 is 7.11. The molecule has 3 rings (SSSR count). The maximum Gasteiger partial charge on any atom is 0.254 e. The topological polar surface area (TPSA) is 91.1 Å². The molecule has 0 saturated carbocycles. The summed E-state index contributed by atoms with van der Waals surface area (Å²) in [6.07, 6.45) is 0. The van der Waals surface area contributed by atoms with E-state index in [0.29, 0.717) is 36.0 Å². The smallest absolute Gasteiger partial charge is 0.254 e. The monoisotopic (exact) mass is 369 g/mol. The van der Waals surface area contributed by atoms with Gasteiger partial charge in [-0.25, -0.2) is 0 Å². The number of anilines is 1. The van der Waals surface area contributed by atoms with E-state index in [4.69, 9.17) is 28.6 Å². The number of nitrogens with zero attached hydrogens (tertiary/aromatic N) is 3. The van der Waals surface area contributed by atoms with Crippen LogP contribution in [0.15, 0.2) is 23.4 Å². The minimum atomic E-state index is -0.259. The second kappa shape index (κ2) is 7.31. The van der Waals surface area contributed by atoms with Crippen molar-refractivity contribution in [3.05, 3.63) is 28.1 Å². The number of aromatic hydroxyl groups is 1. The van der Waals surface area contributed by atoms with Crippen LogP contribution < -0.4 is 10.9 Å². The molecule has 0 bridgehead atoms. The van der Waals surface area contributed by atoms with Gasteiger partial charge in [-0.1, -0.05) is 11.6 Å². The van der Waals surface area contributed by atoms with Gasteiger partial charge in [0.25, 0.3) is 5.11 Å². The predicted molar refractivity (Wildman–Crippen MR) is 96.2 cm³/mol. The Bertz CT molecular complexity index is 775. The number of thiocarbonyl (C=S) groups is 1. The number of nitroso groups, excluding NO2 is 1. The van der Waals surface area contributed by atoms with Crippen molar-refractivity contribution in [1.29, 1.82) is 0 Å². The molecular weight excluding hydrogens is 354 g/mol. The van der Waals surface area contributed by atoms with Crippen LogP contribution in [0.4, 0.5) is 5.69 Å². The van der Waals surface area contributed by atoms with Gasteiger partial charge in [-0.05, 0) is 30.4 Å². The molecule has 0 unspecified atom stereocenters. The van der Waals surface area contributed by atoms with E-state index in [0.717, 1.165) is 18.6 Å². The van der Waals surface area contributed by atoms with Crippen molar-refractivity contribution in [2.24, 2.45) is 5.18 Å². The molecule has 0 atom stereocenters. The molecule has 128 valence electrons. The number of morpholine rings is 1. The van der Waals surface area contributed by atoms with Crippen molar-refractivity contribution in [3.8, 4) is 5.88 Å². The second-order valence-corrected chi connectivity index (χ2v) is 6.13. The number of rotatable bonds is 4. The highest BCUT2D eigenvalue weighted by atomic mass is 35.5. The first-order chi connectivity index (χ1) is 11.6. The van der Waals surface area contributed by atoms with Crippen LogP contribution in [-0.2, 0) is 11.4 Å². The van der Waals surface area contributed by atoms with E-state index in [1.807, 2.05) is 6.07 Å². The van der Waals surface area contributed by atoms with Crippen LogP contribution >= 0.6 is 23.8 Å². The first kappa shape index (κ1) is 16.9. The Morgan fingerprint density at radius 2 is 2.17 bits per heavy atom. The Morgan fingerprint density at radius 3 is 2.88 bits per heavy atom. The fraction of sp³-hybridized carbons (Fsp3) is 0.357. The second-order valence-electron chi connectivity index (χ2n) is 5.31. The molecule has 0 radical (unpaired) electrons. The Hall–Kier alpha value is -1.94. The lowest BCUT2D eigenvalue weighted by Gasteiger charge is -2.27. The molecule has 1 aliphatic heterocycles. The molecule has 1 aliphatic rings. The summed E-state index contributed by atoms with van der Waals surface area (Å²) >= 11 is 10.8. The van der Waals surface area contributed by atoms with Gasteiger partial charge in [0.15, 0.2) is 0 Å². The third-order valence-corrected chi connectivity index (χ3v) is 4.23. The van der Waals surface area contributed by atoms with Gasteiger partial charge in [-0.15, -0.1) is 4.91 Å². The van der Waals surface area contributed by atoms with Crippen LogP contribution in [0.25, 0.3) is 10.9 Å². The summed E-state index contributed by atoms with van der Waals surface area (Å²) in [5.41, 5.74) is 6.39. The molecule has 1 aromatic carbocycles. The molecule has 0 amide bonds.